The lowest BCUT2D eigenvalue weighted by atomic mass is 9.43. The first-order valence-corrected chi connectivity index (χ1v) is 10.0. The molecule has 5 aliphatic rings. The lowest BCUT2D eigenvalue weighted by Gasteiger charge is -2.61. The molecule has 0 heterocycles. The van der Waals surface area contributed by atoms with E-state index in [0.29, 0.717) is 0 Å². The van der Waals surface area contributed by atoms with E-state index >= 15 is 0 Å². The molecule has 130 valence electrons. The highest BCUT2D eigenvalue weighted by molar-refractivity contribution is 6.34. The Morgan fingerprint density at radius 3 is 2.16 bits per heavy atom. The summed E-state index contributed by atoms with van der Waals surface area (Å²) in [7, 11) is 0. The van der Waals surface area contributed by atoms with Gasteiger partial charge in [0.2, 0.25) is 0 Å². The van der Waals surface area contributed by atoms with Crippen LogP contribution >= 0.6 is 23.2 Å². The molecule has 0 radical (unpaired) electrons. The van der Waals surface area contributed by atoms with E-state index in [1.165, 1.54) is 54.4 Å². The molecule has 25 heavy (non-hydrogen) atoms. The van der Waals surface area contributed by atoms with Crippen molar-refractivity contribution < 1.29 is 0 Å². The Bertz CT molecular complexity index is 838. The number of hydrogen-bond acceptors (Lipinski definition) is 0. The van der Waals surface area contributed by atoms with Gasteiger partial charge in [0.1, 0.15) is 0 Å². The average molecular weight is 371 g/mol. The summed E-state index contributed by atoms with van der Waals surface area (Å²) in [6.45, 7) is 0. The third-order valence-corrected chi connectivity index (χ3v) is 8.13. The fourth-order valence-electron chi connectivity index (χ4n) is 7.18. The van der Waals surface area contributed by atoms with Crippen LogP contribution in [0.25, 0.3) is 11.1 Å². The average Bonchev–Trinajstić information content (AvgIpc) is 2.84. The molecule has 7 rings (SSSR count). The van der Waals surface area contributed by atoms with Gasteiger partial charge in [-0.1, -0.05) is 48.8 Å². The Morgan fingerprint density at radius 1 is 0.800 bits per heavy atom. The minimum absolute atomic E-state index is 0. The second-order valence-electron chi connectivity index (χ2n) is 8.53. The lowest BCUT2D eigenvalue weighted by molar-refractivity contribution is -0.0399. The van der Waals surface area contributed by atoms with Gasteiger partial charge < -0.3 is 0 Å². The summed E-state index contributed by atoms with van der Waals surface area (Å²) in [5, 5.41) is 1.71. The monoisotopic (exact) mass is 370 g/mol. The zero-order chi connectivity index (χ0) is 16.1. The van der Waals surface area contributed by atoms with Crippen LogP contribution in [0.15, 0.2) is 36.4 Å². The highest BCUT2D eigenvalue weighted by Gasteiger charge is 2.61. The maximum atomic E-state index is 6.70. The van der Waals surface area contributed by atoms with Gasteiger partial charge in [0.15, 0.2) is 0 Å². The molecule has 0 aromatic heterocycles. The van der Waals surface area contributed by atoms with Gasteiger partial charge in [-0.3, -0.25) is 0 Å². The number of halogens is 2. The predicted molar refractivity (Wildman–Crippen MR) is 106 cm³/mol. The van der Waals surface area contributed by atoms with Gasteiger partial charge in [-0.05, 0) is 90.7 Å². The first-order chi connectivity index (χ1) is 11.7. The number of fused-ring (bicyclic) bond motifs is 3. The van der Waals surface area contributed by atoms with Gasteiger partial charge >= 0.3 is 0 Å². The molecule has 0 atom stereocenters. The van der Waals surface area contributed by atoms with Crippen molar-refractivity contribution in [3.8, 4) is 11.1 Å². The van der Waals surface area contributed by atoms with Gasteiger partial charge in [-0.25, -0.2) is 0 Å². The molecule has 2 aromatic carbocycles. The van der Waals surface area contributed by atoms with E-state index < -0.39 is 0 Å². The minimum atomic E-state index is 0. The van der Waals surface area contributed by atoms with Crippen molar-refractivity contribution in [1.29, 1.82) is 0 Å². The van der Waals surface area contributed by atoms with E-state index in [9.17, 15) is 0 Å². The van der Waals surface area contributed by atoms with Crippen LogP contribution in [0.2, 0.25) is 10.0 Å². The van der Waals surface area contributed by atoms with Crippen LogP contribution in [0.3, 0.4) is 0 Å². The summed E-state index contributed by atoms with van der Waals surface area (Å²) < 4.78 is 0. The summed E-state index contributed by atoms with van der Waals surface area (Å²) in [5.41, 5.74) is 5.79. The van der Waals surface area contributed by atoms with Crippen LogP contribution in [0, 0.1) is 23.7 Å². The van der Waals surface area contributed by atoms with Crippen LogP contribution in [-0.4, -0.2) is 0 Å². The van der Waals surface area contributed by atoms with Gasteiger partial charge in [0, 0.05) is 21.0 Å². The molecule has 4 saturated carbocycles. The predicted octanol–water partition coefficient (Wildman–Crippen LogP) is 7.35. The fourth-order valence-corrected chi connectivity index (χ4v) is 7.63. The summed E-state index contributed by atoms with van der Waals surface area (Å²) >= 11 is 13.1. The molecule has 0 aliphatic heterocycles. The summed E-state index contributed by atoms with van der Waals surface area (Å²) in [5.74, 6) is 3.51. The van der Waals surface area contributed by atoms with Gasteiger partial charge in [-0.15, -0.1) is 0 Å². The van der Waals surface area contributed by atoms with Crippen molar-refractivity contribution in [3.63, 3.8) is 0 Å². The molecule has 2 heteroatoms. The summed E-state index contributed by atoms with van der Waals surface area (Å²) in [6.07, 6.45) is 7.10. The van der Waals surface area contributed by atoms with E-state index in [2.05, 4.69) is 30.3 Å². The Morgan fingerprint density at radius 2 is 1.48 bits per heavy atom. The zero-order valence-electron chi connectivity index (χ0n) is 13.6. The molecule has 0 N–H and O–H groups in total. The standard InChI is InChI=1S/C22H20Cl2.CH4/c23-16-4-5-18-17(11-16)21-19(2-1-3-20(21)24)22(18)14-7-12-6-13(9-14)10-15(22)8-12;/h1-5,11-15H,6-10H2;1H4. The van der Waals surface area contributed by atoms with E-state index in [1.807, 2.05) is 6.07 Å². The molecular weight excluding hydrogens is 347 g/mol. The molecular formula is C23H24Cl2. The quantitative estimate of drug-likeness (QED) is 0.454. The molecule has 1 spiro atoms. The zero-order valence-corrected chi connectivity index (χ0v) is 15.1. The Labute approximate surface area is 160 Å². The molecule has 0 saturated heterocycles. The van der Waals surface area contributed by atoms with Crippen LogP contribution in [0.1, 0.15) is 50.7 Å². The maximum absolute atomic E-state index is 6.70. The SMILES string of the molecule is C.Clc1ccc2c(c1)-c1c(Cl)cccc1C21C2CC3CC(C2)CC1C3. The van der Waals surface area contributed by atoms with E-state index in [4.69, 9.17) is 23.2 Å². The van der Waals surface area contributed by atoms with E-state index in [1.54, 1.807) is 0 Å². The highest BCUT2D eigenvalue weighted by atomic mass is 35.5. The van der Waals surface area contributed by atoms with Crippen LogP contribution in [-0.2, 0) is 5.41 Å². The smallest absolute Gasteiger partial charge is 0.0487 e. The third-order valence-electron chi connectivity index (χ3n) is 7.58. The molecule has 0 amide bonds. The largest absolute Gasteiger partial charge is 0.0843 e. The number of hydrogen-bond donors (Lipinski definition) is 0. The van der Waals surface area contributed by atoms with Crippen LogP contribution < -0.4 is 0 Å². The summed E-state index contributed by atoms with van der Waals surface area (Å²) in [4.78, 5) is 0. The molecule has 0 unspecified atom stereocenters. The van der Waals surface area contributed by atoms with Crippen LogP contribution in [0.4, 0.5) is 0 Å². The van der Waals surface area contributed by atoms with Crippen LogP contribution in [0.5, 0.6) is 0 Å². The number of rotatable bonds is 0. The minimum Gasteiger partial charge on any atom is -0.0843 e. The first kappa shape index (κ1) is 16.2. The molecule has 5 aliphatic carbocycles. The normalized spacial score (nSPS) is 36.2. The van der Waals surface area contributed by atoms with Gasteiger partial charge in [0.25, 0.3) is 0 Å². The van der Waals surface area contributed by atoms with Crippen molar-refractivity contribution >= 4 is 23.2 Å². The van der Waals surface area contributed by atoms with E-state index in [0.717, 1.165) is 33.7 Å². The molecule has 2 aromatic rings. The van der Waals surface area contributed by atoms with Gasteiger partial charge in [0.05, 0.1) is 0 Å². The second kappa shape index (κ2) is 5.27. The molecule has 0 nitrogen and oxygen atoms in total. The van der Waals surface area contributed by atoms with Crippen molar-refractivity contribution in [2.75, 3.05) is 0 Å². The van der Waals surface area contributed by atoms with Gasteiger partial charge in [-0.2, -0.15) is 0 Å². The first-order valence-electron chi connectivity index (χ1n) is 9.27. The Kier molecular flexibility index (Phi) is 3.42. The molecule has 4 fully saturated rings. The van der Waals surface area contributed by atoms with Crippen molar-refractivity contribution in [3.05, 3.63) is 57.6 Å². The van der Waals surface area contributed by atoms with Crippen molar-refractivity contribution in [1.82, 2.24) is 0 Å². The van der Waals surface area contributed by atoms with Crippen molar-refractivity contribution in [2.24, 2.45) is 23.7 Å². The Hall–Kier alpha value is -0.980. The highest BCUT2D eigenvalue weighted by Crippen LogP contribution is 2.69. The fraction of sp³-hybridized carbons (Fsp3) is 0.478. The maximum Gasteiger partial charge on any atom is 0.0487 e. The van der Waals surface area contributed by atoms with Crippen molar-refractivity contribution in [2.45, 2.75) is 44.9 Å². The topological polar surface area (TPSA) is 0 Å². The molecule has 4 bridgehead atoms. The second-order valence-corrected chi connectivity index (χ2v) is 9.37. The van der Waals surface area contributed by atoms with E-state index in [-0.39, 0.29) is 12.8 Å². The third kappa shape index (κ3) is 1.86. The lowest BCUT2D eigenvalue weighted by Crippen LogP contribution is -2.55. The number of benzene rings is 2. The summed E-state index contributed by atoms with van der Waals surface area (Å²) in [6, 6.07) is 13.1. The Balaban J connectivity index is 0.00000140.